The fourth-order valence-corrected chi connectivity index (χ4v) is 3.18. The minimum Gasteiger partial charge on any atom is -0.313 e. The second-order valence-electron chi connectivity index (χ2n) is 4.88. The van der Waals surface area contributed by atoms with Crippen LogP contribution < -0.4 is 10.5 Å². The lowest BCUT2D eigenvalue weighted by molar-refractivity contribution is 0.378. The van der Waals surface area contributed by atoms with Crippen molar-refractivity contribution in [2.75, 3.05) is 6.54 Å². The van der Waals surface area contributed by atoms with E-state index in [9.17, 15) is 8.42 Å². The number of nitrogens with two attached hydrogens (primary N) is 1. The van der Waals surface area contributed by atoms with Crippen molar-refractivity contribution in [3.8, 4) is 0 Å². The SMILES string of the molecule is Cn1nccc1CCC1CCC(S(N)(=O)=O)CN1. The topological polar surface area (TPSA) is 90.0 Å². The first kappa shape index (κ1) is 13.5. The van der Waals surface area contributed by atoms with Crippen LogP contribution in [-0.2, 0) is 23.5 Å². The number of aryl methyl sites for hydroxylation is 2. The summed E-state index contributed by atoms with van der Waals surface area (Å²) in [5.41, 5.74) is 1.20. The smallest absolute Gasteiger partial charge is 0.213 e. The van der Waals surface area contributed by atoms with E-state index in [4.69, 9.17) is 5.14 Å². The van der Waals surface area contributed by atoms with Gasteiger partial charge in [0.05, 0.1) is 5.25 Å². The molecule has 3 N–H and O–H groups in total. The van der Waals surface area contributed by atoms with Crippen molar-refractivity contribution in [2.45, 2.75) is 37.0 Å². The molecule has 1 saturated heterocycles. The molecule has 0 saturated carbocycles. The number of sulfonamides is 1. The Morgan fingerprint density at radius 2 is 2.33 bits per heavy atom. The van der Waals surface area contributed by atoms with Gasteiger partial charge in [-0.2, -0.15) is 5.10 Å². The van der Waals surface area contributed by atoms with Gasteiger partial charge in [-0.3, -0.25) is 4.68 Å². The van der Waals surface area contributed by atoms with Crippen LogP contribution in [-0.4, -0.2) is 36.0 Å². The van der Waals surface area contributed by atoms with Crippen molar-refractivity contribution in [3.63, 3.8) is 0 Å². The second-order valence-corrected chi connectivity index (χ2v) is 6.72. The van der Waals surface area contributed by atoms with Crippen LogP contribution in [0.4, 0.5) is 0 Å². The Morgan fingerprint density at radius 1 is 1.56 bits per heavy atom. The van der Waals surface area contributed by atoms with Crippen LogP contribution in [0.2, 0.25) is 0 Å². The maximum absolute atomic E-state index is 11.2. The fourth-order valence-electron chi connectivity index (χ4n) is 2.38. The molecule has 1 aliphatic rings. The monoisotopic (exact) mass is 272 g/mol. The summed E-state index contributed by atoms with van der Waals surface area (Å²) in [6, 6.07) is 2.38. The first-order chi connectivity index (χ1) is 8.47. The van der Waals surface area contributed by atoms with E-state index in [-0.39, 0.29) is 0 Å². The predicted molar refractivity (Wildman–Crippen MR) is 69.4 cm³/mol. The van der Waals surface area contributed by atoms with Gasteiger partial charge >= 0.3 is 0 Å². The van der Waals surface area contributed by atoms with E-state index in [0.29, 0.717) is 19.0 Å². The second kappa shape index (κ2) is 5.38. The van der Waals surface area contributed by atoms with E-state index in [2.05, 4.69) is 10.4 Å². The quantitative estimate of drug-likeness (QED) is 0.791. The Bertz CT molecular complexity index is 489. The predicted octanol–water partition coefficient (Wildman–Crippen LogP) is -0.238. The maximum Gasteiger partial charge on any atom is 0.213 e. The van der Waals surface area contributed by atoms with Crippen LogP contribution in [0.1, 0.15) is 25.0 Å². The molecule has 1 aromatic rings. The fraction of sp³-hybridized carbons (Fsp3) is 0.727. The van der Waals surface area contributed by atoms with E-state index in [0.717, 1.165) is 19.3 Å². The van der Waals surface area contributed by atoms with Crippen LogP contribution >= 0.6 is 0 Å². The molecule has 0 radical (unpaired) electrons. The Labute approximate surface area is 108 Å². The first-order valence-electron chi connectivity index (χ1n) is 6.18. The summed E-state index contributed by atoms with van der Waals surface area (Å²) in [5, 5.41) is 12.1. The standard InChI is InChI=1S/C11H20N4O2S/c1-15-10(6-7-14-15)4-2-9-3-5-11(8-13-9)18(12,16)17/h6-7,9,11,13H,2-5,8H2,1H3,(H2,12,16,17). The van der Waals surface area contributed by atoms with Gasteiger partial charge in [-0.15, -0.1) is 0 Å². The minimum absolute atomic E-state index is 0.373. The van der Waals surface area contributed by atoms with E-state index < -0.39 is 15.3 Å². The van der Waals surface area contributed by atoms with Gasteiger partial charge in [0, 0.05) is 31.5 Å². The zero-order valence-corrected chi connectivity index (χ0v) is 11.4. The zero-order valence-electron chi connectivity index (χ0n) is 10.5. The van der Waals surface area contributed by atoms with Crippen LogP contribution in [0, 0.1) is 0 Å². The van der Waals surface area contributed by atoms with Crippen molar-refractivity contribution in [3.05, 3.63) is 18.0 Å². The first-order valence-corrected chi connectivity index (χ1v) is 7.79. The Hall–Kier alpha value is -0.920. The molecule has 0 aliphatic carbocycles. The van der Waals surface area contributed by atoms with E-state index in [1.54, 1.807) is 6.20 Å². The maximum atomic E-state index is 11.2. The van der Waals surface area contributed by atoms with Crippen molar-refractivity contribution in [1.82, 2.24) is 15.1 Å². The largest absolute Gasteiger partial charge is 0.313 e. The summed E-state index contributed by atoms with van der Waals surface area (Å²) in [4.78, 5) is 0. The van der Waals surface area contributed by atoms with E-state index in [1.807, 2.05) is 17.8 Å². The highest BCUT2D eigenvalue weighted by atomic mass is 32.2. The van der Waals surface area contributed by atoms with Crippen LogP contribution in [0.3, 0.4) is 0 Å². The summed E-state index contributed by atoms with van der Waals surface area (Å²) < 4.78 is 24.3. The normalized spacial score (nSPS) is 25.2. The van der Waals surface area contributed by atoms with Gasteiger partial charge in [0.25, 0.3) is 0 Å². The number of primary sulfonamides is 1. The van der Waals surface area contributed by atoms with Gasteiger partial charge in [-0.1, -0.05) is 0 Å². The number of aromatic nitrogens is 2. The lowest BCUT2D eigenvalue weighted by atomic mass is 9.99. The van der Waals surface area contributed by atoms with Gasteiger partial charge in [0.1, 0.15) is 0 Å². The number of nitrogens with one attached hydrogen (secondary N) is 1. The lowest BCUT2D eigenvalue weighted by Crippen LogP contribution is -2.46. The van der Waals surface area contributed by atoms with Gasteiger partial charge in [-0.05, 0) is 31.7 Å². The van der Waals surface area contributed by atoms with Crippen LogP contribution in [0.5, 0.6) is 0 Å². The molecule has 7 heteroatoms. The molecule has 1 fully saturated rings. The number of nitrogens with zero attached hydrogens (tertiary/aromatic N) is 2. The average molecular weight is 272 g/mol. The highest BCUT2D eigenvalue weighted by molar-refractivity contribution is 7.89. The molecule has 1 aliphatic heterocycles. The number of hydrogen-bond donors (Lipinski definition) is 2. The summed E-state index contributed by atoms with van der Waals surface area (Å²) in [6.07, 6.45) is 5.26. The minimum atomic E-state index is -3.39. The van der Waals surface area contributed by atoms with Crippen LogP contribution in [0.15, 0.2) is 12.3 Å². The molecule has 2 heterocycles. The molecule has 0 bridgehead atoms. The summed E-state index contributed by atoms with van der Waals surface area (Å²) in [6.45, 7) is 0.467. The molecular formula is C11H20N4O2S. The van der Waals surface area contributed by atoms with Crippen molar-refractivity contribution in [1.29, 1.82) is 0 Å². The Balaban J connectivity index is 1.79. The van der Waals surface area contributed by atoms with Crippen molar-refractivity contribution < 1.29 is 8.42 Å². The molecule has 18 heavy (non-hydrogen) atoms. The van der Waals surface area contributed by atoms with Crippen molar-refractivity contribution >= 4 is 10.0 Å². The third kappa shape index (κ3) is 3.30. The van der Waals surface area contributed by atoms with Gasteiger partial charge in [0.2, 0.25) is 10.0 Å². The molecule has 2 unspecified atom stereocenters. The molecule has 2 atom stereocenters. The lowest BCUT2D eigenvalue weighted by Gasteiger charge is -2.28. The molecule has 0 spiro atoms. The van der Waals surface area contributed by atoms with Crippen LogP contribution in [0.25, 0.3) is 0 Å². The summed E-state index contributed by atoms with van der Waals surface area (Å²) in [7, 11) is -1.46. The number of rotatable bonds is 4. The molecule has 1 aromatic heterocycles. The summed E-state index contributed by atoms with van der Waals surface area (Å²) >= 11 is 0. The number of piperidine rings is 1. The van der Waals surface area contributed by atoms with E-state index >= 15 is 0 Å². The molecule has 0 aromatic carbocycles. The van der Waals surface area contributed by atoms with Gasteiger partial charge in [0.15, 0.2) is 0 Å². The third-order valence-electron chi connectivity index (χ3n) is 3.61. The Kier molecular flexibility index (Phi) is 4.04. The highest BCUT2D eigenvalue weighted by Gasteiger charge is 2.27. The zero-order chi connectivity index (χ0) is 13.2. The average Bonchev–Trinajstić information content (AvgIpc) is 2.72. The summed E-state index contributed by atoms with van der Waals surface area (Å²) in [5.74, 6) is 0. The van der Waals surface area contributed by atoms with E-state index in [1.165, 1.54) is 5.69 Å². The Morgan fingerprint density at radius 3 is 2.83 bits per heavy atom. The molecule has 2 rings (SSSR count). The van der Waals surface area contributed by atoms with Gasteiger partial charge < -0.3 is 5.32 Å². The highest BCUT2D eigenvalue weighted by Crippen LogP contribution is 2.16. The molecule has 102 valence electrons. The van der Waals surface area contributed by atoms with Gasteiger partial charge in [-0.25, -0.2) is 13.6 Å². The molecule has 0 amide bonds. The number of hydrogen-bond acceptors (Lipinski definition) is 4. The third-order valence-corrected chi connectivity index (χ3v) is 4.94. The van der Waals surface area contributed by atoms with Crippen molar-refractivity contribution in [2.24, 2.45) is 12.2 Å². The molecule has 6 nitrogen and oxygen atoms in total. The molecular weight excluding hydrogens is 252 g/mol.